The minimum absolute atomic E-state index is 0.831. The molecule has 0 aliphatic carbocycles. The molecule has 6 heteroatoms. The molecule has 3 nitrogen and oxygen atoms in total. The van der Waals surface area contributed by atoms with Crippen molar-refractivity contribution in [1.29, 1.82) is 0 Å². The van der Waals surface area contributed by atoms with Gasteiger partial charge in [0.1, 0.15) is 11.0 Å². The SMILES string of the molecule is CCCCCCCCCCCCC(CCCCCCCCCC)CSc1nc2cc3nsnc3cc2s1. The molecule has 0 fully saturated rings. The third-order valence-electron chi connectivity index (χ3n) is 7.62. The first-order chi connectivity index (χ1) is 18.3. The van der Waals surface area contributed by atoms with Crippen molar-refractivity contribution < 1.29 is 0 Å². The summed E-state index contributed by atoms with van der Waals surface area (Å²) in [6, 6.07) is 4.27. The molecule has 0 N–H and O–H groups in total. The van der Waals surface area contributed by atoms with Crippen molar-refractivity contribution in [3.8, 4) is 0 Å². The van der Waals surface area contributed by atoms with E-state index in [4.69, 9.17) is 4.98 Å². The van der Waals surface area contributed by atoms with E-state index in [1.165, 1.54) is 155 Å². The van der Waals surface area contributed by atoms with Crippen LogP contribution in [0.15, 0.2) is 16.5 Å². The Bertz CT molecular complexity index is 919. The van der Waals surface area contributed by atoms with Crippen LogP contribution in [0.4, 0.5) is 0 Å². The van der Waals surface area contributed by atoms with E-state index < -0.39 is 0 Å². The first kappa shape index (κ1) is 30.8. The Labute approximate surface area is 239 Å². The van der Waals surface area contributed by atoms with Crippen LogP contribution in [0, 0.1) is 5.92 Å². The van der Waals surface area contributed by atoms with Gasteiger partial charge >= 0.3 is 0 Å². The summed E-state index contributed by atoms with van der Waals surface area (Å²) in [5.41, 5.74) is 3.07. The maximum atomic E-state index is 4.93. The molecule has 208 valence electrons. The average Bonchev–Trinajstić information content (AvgIpc) is 3.53. The van der Waals surface area contributed by atoms with Crippen LogP contribution >= 0.6 is 34.8 Å². The molecule has 1 aromatic carbocycles. The standard InChI is InChI=1S/C31H51N3S3/c1-3-5-7-9-11-13-14-16-18-20-22-26(21-19-17-15-12-10-8-6-4-2)25-35-31-32-29-23-27-28(34-37-33-27)24-30(29)36-31/h23-24,26H,3-22,25H2,1-2H3. The van der Waals surface area contributed by atoms with Gasteiger partial charge in [-0.3, -0.25) is 0 Å². The van der Waals surface area contributed by atoms with Crippen molar-refractivity contribution in [3.05, 3.63) is 12.1 Å². The maximum Gasteiger partial charge on any atom is 0.151 e. The lowest BCUT2D eigenvalue weighted by molar-refractivity contribution is 0.435. The largest absolute Gasteiger partial charge is 0.230 e. The minimum Gasteiger partial charge on any atom is -0.230 e. The molecule has 1 atom stereocenters. The third kappa shape index (κ3) is 12.3. The number of nitrogens with zero attached hydrogens (tertiary/aromatic N) is 3. The smallest absolute Gasteiger partial charge is 0.151 e. The van der Waals surface area contributed by atoms with Crippen LogP contribution in [-0.2, 0) is 0 Å². The van der Waals surface area contributed by atoms with Gasteiger partial charge in [0, 0.05) is 5.75 Å². The lowest BCUT2D eigenvalue weighted by Crippen LogP contribution is -2.04. The van der Waals surface area contributed by atoms with Crippen LogP contribution in [0.5, 0.6) is 0 Å². The van der Waals surface area contributed by atoms with Crippen molar-refractivity contribution in [1.82, 2.24) is 13.7 Å². The predicted molar refractivity (Wildman–Crippen MR) is 168 cm³/mol. The van der Waals surface area contributed by atoms with Gasteiger partial charge in [-0.2, -0.15) is 8.75 Å². The fraction of sp³-hybridized carbons (Fsp3) is 0.774. The van der Waals surface area contributed by atoms with Gasteiger partial charge < -0.3 is 0 Å². The van der Waals surface area contributed by atoms with Gasteiger partial charge in [0.25, 0.3) is 0 Å². The van der Waals surface area contributed by atoms with E-state index in [9.17, 15) is 0 Å². The Kier molecular flexibility index (Phi) is 16.1. The van der Waals surface area contributed by atoms with Crippen LogP contribution < -0.4 is 0 Å². The fourth-order valence-electron chi connectivity index (χ4n) is 5.23. The zero-order valence-corrected chi connectivity index (χ0v) is 26.1. The number of aromatic nitrogens is 3. The summed E-state index contributed by atoms with van der Waals surface area (Å²) in [7, 11) is 0. The van der Waals surface area contributed by atoms with E-state index >= 15 is 0 Å². The number of fused-ring (bicyclic) bond motifs is 2. The summed E-state index contributed by atoms with van der Waals surface area (Å²) in [5.74, 6) is 2.05. The van der Waals surface area contributed by atoms with E-state index in [0.717, 1.165) is 22.5 Å². The van der Waals surface area contributed by atoms with Crippen molar-refractivity contribution in [3.63, 3.8) is 0 Å². The van der Waals surface area contributed by atoms with Crippen LogP contribution in [0.2, 0.25) is 0 Å². The molecule has 3 aromatic rings. The fourth-order valence-corrected chi connectivity index (χ4v) is 8.04. The molecular formula is C31H51N3S3. The molecule has 0 amide bonds. The minimum atomic E-state index is 0.831. The van der Waals surface area contributed by atoms with E-state index in [0.29, 0.717) is 0 Å². The number of benzene rings is 1. The topological polar surface area (TPSA) is 38.7 Å². The Morgan fingerprint density at radius 3 is 1.65 bits per heavy atom. The van der Waals surface area contributed by atoms with Gasteiger partial charge in [0.15, 0.2) is 4.34 Å². The first-order valence-corrected chi connectivity index (χ1v) is 18.0. The summed E-state index contributed by atoms with van der Waals surface area (Å²) >= 11 is 5.11. The molecule has 0 aliphatic heterocycles. The molecule has 3 rings (SSSR count). The Morgan fingerprint density at radius 2 is 1.11 bits per heavy atom. The highest BCUT2D eigenvalue weighted by Gasteiger charge is 2.13. The average molecular weight is 562 g/mol. The van der Waals surface area contributed by atoms with E-state index in [-0.39, 0.29) is 0 Å². The quantitative estimate of drug-likeness (QED) is 0.0852. The number of rotatable bonds is 23. The molecule has 1 unspecified atom stereocenters. The number of thiazole rings is 1. The Morgan fingerprint density at radius 1 is 0.622 bits per heavy atom. The number of thioether (sulfide) groups is 1. The summed E-state index contributed by atoms with van der Waals surface area (Å²) in [6.07, 6.45) is 28.4. The highest BCUT2D eigenvalue weighted by atomic mass is 32.2. The van der Waals surface area contributed by atoms with Crippen molar-refractivity contribution in [2.75, 3.05) is 5.75 Å². The second kappa shape index (κ2) is 19.4. The number of unbranched alkanes of at least 4 members (excludes halogenated alkanes) is 16. The maximum absolute atomic E-state index is 4.93. The summed E-state index contributed by atoms with van der Waals surface area (Å²) in [6.45, 7) is 4.61. The molecule has 0 bridgehead atoms. The molecule has 0 saturated carbocycles. The molecule has 37 heavy (non-hydrogen) atoms. The van der Waals surface area contributed by atoms with Crippen LogP contribution in [0.25, 0.3) is 21.3 Å². The van der Waals surface area contributed by atoms with Gasteiger partial charge in [-0.15, -0.1) is 11.3 Å². The van der Waals surface area contributed by atoms with E-state index in [2.05, 4.69) is 34.7 Å². The van der Waals surface area contributed by atoms with E-state index in [1.807, 2.05) is 23.1 Å². The molecular weight excluding hydrogens is 511 g/mol. The van der Waals surface area contributed by atoms with Gasteiger partial charge in [0.2, 0.25) is 0 Å². The lowest BCUT2D eigenvalue weighted by atomic mass is 9.95. The van der Waals surface area contributed by atoms with Gasteiger partial charge in [0.05, 0.1) is 21.9 Å². The predicted octanol–water partition coefficient (Wildman–Crippen LogP) is 11.9. The van der Waals surface area contributed by atoms with Crippen molar-refractivity contribution >= 4 is 56.1 Å². The molecule has 2 aromatic heterocycles. The number of hydrogen-bond acceptors (Lipinski definition) is 6. The van der Waals surface area contributed by atoms with Crippen molar-refractivity contribution in [2.24, 2.45) is 5.92 Å². The van der Waals surface area contributed by atoms with Crippen LogP contribution in [0.1, 0.15) is 142 Å². The van der Waals surface area contributed by atoms with Crippen LogP contribution in [-0.4, -0.2) is 19.5 Å². The zero-order chi connectivity index (χ0) is 26.0. The zero-order valence-electron chi connectivity index (χ0n) is 23.6. The summed E-state index contributed by atoms with van der Waals surface area (Å²) in [5, 5.41) is 0. The number of hydrogen-bond donors (Lipinski definition) is 0. The highest BCUT2D eigenvalue weighted by molar-refractivity contribution is 8.01. The monoisotopic (exact) mass is 561 g/mol. The van der Waals surface area contributed by atoms with Gasteiger partial charge in [-0.25, -0.2) is 4.98 Å². The second-order valence-electron chi connectivity index (χ2n) is 11.0. The Balaban J connectivity index is 1.37. The second-order valence-corrected chi connectivity index (χ2v) is 13.8. The first-order valence-electron chi connectivity index (χ1n) is 15.5. The lowest BCUT2D eigenvalue weighted by Gasteiger charge is -2.16. The Hall–Kier alpha value is -0.720. The highest BCUT2D eigenvalue weighted by Crippen LogP contribution is 2.34. The van der Waals surface area contributed by atoms with Gasteiger partial charge in [-0.1, -0.05) is 141 Å². The van der Waals surface area contributed by atoms with Crippen molar-refractivity contribution in [2.45, 2.75) is 147 Å². The van der Waals surface area contributed by atoms with Crippen LogP contribution in [0.3, 0.4) is 0 Å². The molecule has 0 radical (unpaired) electrons. The molecule has 0 spiro atoms. The molecule has 2 heterocycles. The van der Waals surface area contributed by atoms with Gasteiger partial charge in [-0.05, 0) is 30.9 Å². The molecule has 0 saturated heterocycles. The summed E-state index contributed by atoms with van der Waals surface area (Å²) in [4.78, 5) is 4.93. The van der Waals surface area contributed by atoms with E-state index in [1.54, 1.807) is 0 Å². The third-order valence-corrected chi connectivity index (χ3v) is 10.6. The summed E-state index contributed by atoms with van der Waals surface area (Å²) < 4.78 is 11.3. The molecule has 0 aliphatic rings. The normalized spacial score (nSPS) is 12.7.